The number of halogens is 1. The monoisotopic (exact) mass is 1260 g/mol. The maximum atomic E-state index is 14.5. The number of unbranched alkanes of at least 4 members (excludes halogenated alkanes) is 2. The van der Waals surface area contributed by atoms with Crippen molar-refractivity contribution < 1.29 is 81.5 Å². The number of imide groups is 1. The van der Waals surface area contributed by atoms with Gasteiger partial charge in [-0.25, -0.2) is 19.2 Å². The topological polar surface area (TPSA) is 333 Å². The number of benzene rings is 2. The summed E-state index contributed by atoms with van der Waals surface area (Å²) < 4.78 is 35.1. The quantitative estimate of drug-likeness (QED) is 0.0218. The van der Waals surface area contributed by atoms with E-state index in [1.165, 1.54) is 45.0 Å². The lowest BCUT2D eigenvalue weighted by Crippen LogP contribution is -2.63. The lowest BCUT2D eigenvalue weighted by molar-refractivity contribution is -0.158. The Balaban J connectivity index is 1.09. The SMILES string of the molecule is COc1cc2cc(c1Cl)N(C)C(=O)C[C@H](OC(=O)[C@H](C)N(C)C(=O)OCc1ccc(NC(=O)C(CCCNC(N)=O)CC(=O)C(NC(=O)CCCCCN3C(=O)CC(C)C3=O)C(C)C)cc1)[C@]1(C)O[C@H]1[C@H](C)[C@@H]1C[C@@](O)(NC(=O)O1)[C@H](OC)/C=C/C=C(\C)C2. The van der Waals surface area contributed by atoms with E-state index in [-0.39, 0.29) is 85.6 Å². The molecule has 2 aromatic carbocycles. The Morgan fingerprint density at radius 2 is 1.69 bits per heavy atom. The van der Waals surface area contributed by atoms with E-state index in [2.05, 4.69) is 21.3 Å². The van der Waals surface area contributed by atoms with Gasteiger partial charge in [0.1, 0.15) is 47.3 Å². The van der Waals surface area contributed by atoms with E-state index in [4.69, 9.17) is 45.8 Å². The highest BCUT2D eigenvalue weighted by Gasteiger charge is 2.64. The van der Waals surface area contributed by atoms with E-state index in [0.29, 0.717) is 61.3 Å². The molecule has 89 heavy (non-hydrogen) atoms. The number of methoxy groups -OCH3 is 2. The lowest BCUT2D eigenvalue weighted by atomic mass is 9.83. The summed E-state index contributed by atoms with van der Waals surface area (Å²) in [5.74, 6) is -4.87. The van der Waals surface area contributed by atoms with Gasteiger partial charge in [-0.3, -0.25) is 43.9 Å². The van der Waals surface area contributed by atoms with Crippen molar-refractivity contribution in [3.8, 4) is 5.75 Å². The molecule has 9 amide bonds. The minimum atomic E-state index is -1.91. The van der Waals surface area contributed by atoms with Gasteiger partial charge < -0.3 is 60.1 Å². The van der Waals surface area contributed by atoms with Crippen LogP contribution in [0.2, 0.25) is 5.02 Å². The van der Waals surface area contributed by atoms with Crippen LogP contribution < -0.4 is 36.6 Å². The van der Waals surface area contributed by atoms with Gasteiger partial charge in [0.05, 0.1) is 31.4 Å². The van der Waals surface area contributed by atoms with Crippen molar-refractivity contribution in [2.75, 3.05) is 51.6 Å². The third kappa shape index (κ3) is 18.5. The van der Waals surface area contributed by atoms with Crippen molar-refractivity contribution >= 4 is 82.5 Å². The zero-order valence-corrected chi connectivity index (χ0v) is 53.4. The summed E-state index contributed by atoms with van der Waals surface area (Å²) in [4.78, 5) is 136. The Bertz CT molecular complexity index is 3010. The van der Waals surface area contributed by atoms with Gasteiger partial charge in [0.15, 0.2) is 11.5 Å². The molecule has 0 saturated carbocycles. The molecular weight excluding hydrogens is 1180 g/mol. The number of carbonyl (C=O) groups is 10. The molecule has 0 aliphatic carbocycles. The minimum absolute atomic E-state index is 0.117. The summed E-state index contributed by atoms with van der Waals surface area (Å²) in [6, 6.07) is 6.94. The number of nitrogens with two attached hydrogens (primary N) is 1. The molecule has 4 aliphatic rings. The molecule has 3 saturated heterocycles. The van der Waals surface area contributed by atoms with Crippen LogP contribution in [0.5, 0.6) is 5.75 Å². The Kier molecular flexibility index (Phi) is 24.7. The predicted octanol–water partition coefficient (Wildman–Crippen LogP) is 6.38. The van der Waals surface area contributed by atoms with Crippen LogP contribution in [0.25, 0.3) is 0 Å². The number of hydrogen-bond acceptors (Lipinski definition) is 17. The molecule has 25 nitrogen and oxygen atoms in total. The number of allylic oxidation sites excluding steroid dienone is 3. The molecular formula is C63H87ClN8O17. The normalized spacial score (nSPS) is 25.6. The van der Waals surface area contributed by atoms with E-state index >= 15 is 0 Å². The number of rotatable bonds is 24. The summed E-state index contributed by atoms with van der Waals surface area (Å²) >= 11 is 6.84. The number of nitrogens with one attached hydrogen (secondary N) is 4. The molecule has 0 spiro atoms. The first kappa shape index (κ1) is 70.5. The van der Waals surface area contributed by atoms with E-state index in [1.54, 1.807) is 83.2 Å². The standard InChI is InChI=1S/C63H87ClN8O17/c1-35(2)54(68-50(74)20-13-12-14-26-72-52(76)28-37(4)57(72)78)45(73)31-42(18-16-25-66-59(65)80)56(77)67-43-23-21-40(22-24-43)34-86-61(82)70(8)39(6)58(79)88-49-32-51(75)71(9)44-29-41(30-46(84-10)53(44)64)27-36(3)17-15-19-48(85-11)63(83)33-47(87-60(81)69-63)38(5)55-62(49,7)89-55/h15,17,19,21-24,29-30,35,37-39,42,47-49,54-55,83H,12-14,16,18,20,25-28,31-34H2,1-11H3,(H,67,77)(H,68,74)(H,69,81)(H3,65,66,80)/b19-15+,36-17+/t37?,38-,39+,42?,47+,48-,49+,54?,55+,62+,63+/m1/s1. The number of ketones is 1. The van der Waals surface area contributed by atoms with Gasteiger partial charge in [-0.05, 0) is 94.2 Å². The summed E-state index contributed by atoms with van der Waals surface area (Å²) in [6.07, 6.45) is 1.34. The number of Topliss-reactive ketones (excluding diaryl/α,β-unsaturated/α-hetero) is 1. The zero-order valence-electron chi connectivity index (χ0n) is 52.6. The van der Waals surface area contributed by atoms with Crippen LogP contribution in [0.1, 0.15) is 124 Å². The number of hydrogen-bond donors (Lipinski definition) is 6. The van der Waals surface area contributed by atoms with Crippen LogP contribution in [-0.4, -0.2) is 164 Å². The second-order valence-electron chi connectivity index (χ2n) is 24.1. The molecule has 2 aromatic rings. The number of urea groups is 1. The first-order valence-corrected chi connectivity index (χ1v) is 30.5. The third-order valence-electron chi connectivity index (χ3n) is 16.9. The van der Waals surface area contributed by atoms with Gasteiger partial charge >= 0.3 is 24.2 Å². The fraction of sp³-hybridized carbons (Fsp3) is 0.587. The number of aliphatic hydroxyl groups is 1. The van der Waals surface area contributed by atoms with Gasteiger partial charge in [0.2, 0.25) is 29.5 Å². The Labute approximate surface area is 524 Å². The number of amides is 9. The molecule has 6 rings (SSSR count). The van der Waals surface area contributed by atoms with Crippen LogP contribution in [0.3, 0.4) is 0 Å². The number of esters is 1. The number of likely N-dealkylation sites (N-methyl/N-ethyl adjacent to an activating group) is 1. The number of alkyl carbamates (subject to hydrolysis) is 1. The van der Waals surface area contributed by atoms with Gasteiger partial charge in [0.25, 0.3) is 0 Å². The minimum Gasteiger partial charge on any atom is -0.495 e. The molecule has 488 valence electrons. The first-order valence-electron chi connectivity index (χ1n) is 30.1. The number of primary amides is 1. The average molecular weight is 1260 g/mol. The Hall–Kier alpha value is -7.61. The van der Waals surface area contributed by atoms with Crippen molar-refractivity contribution in [2.24, 2.45) is 29.4 Å². The maximum Gasteiger partial charge on any atom is 0.410 e. The molecule has 7 N–H and O–H groups in total. The van der Waals surface area contributed by atoms with Gasteiger partial charge in [-0.15, -0.1) is 0 Å². The molecule has 0 aromatic heterocycles. The van der Waals surface area contributed by atoms with Crippen LogP contribution in [0, 0.1) is 23.7 Å². The molecule has 4 bridgehead atoms. The van der Waals surface area contributed by atoms with Crippen LogP contribution in [0.15, 0.2) is 60.2 Å². The number of ether oxygens (including phenoxy) is 6. The van der Waals surface area contributed by atoms with Crippen molar-refractivity contribution in [3.05, 3.63) is 76.3 Å². The smallest absolute Gasteiger partial charge is 0.410 e. The number of carbonyl (C=O) groups excluding carboxylic acids is 10. The molecule has 4 heterocycles. The number of nitrogens with zero attached hydrogens (tertiary/aromatic N) is 3. The molecule has 3 fully saturated rings. The Morgan fingerprint density at radius 1 is 0.978 bits per heavy atom. The van der Waals surface area contributed by atoms with Crippen molar-refractivity contribution in [1.82, 2.24) is 25.8 Å². The number of epoxide rings is 1. The highest BCUT2D eigenvalue weighted by atomic mass is 35.5. The largest absolute Gasteiger partial charge is 0.495 e. The van der Waals surface area contributed by atoms with Crippen LogP contribution in [-0.2, 0) is 70.3 Å². The van der Waals surface area contributed by atoms with E-state index < -0.39 is 102 Å². The fourth-order valence-corrected chi connectivity index (χ4v) is 11.6. The van der Waals surface area contributed by atoms with Gasteiger partial charge in [-0.2, -0.15) is 0 Å². The van der Waals surface area contributed by atoms with Gasteiger partial charge in [-0.1, -0.05) is 81.7 Å². The summed E-state index contributed by atoms with van der Waals surface area (Å²) in [7, 11) is 5.72. The van der Waals surface area contributed by atoms with Crippen LogP contribution in [0.4, 0.5) is 25.8 Å². The highest BCUT2D eigenvalue weighted by molar-refractivity contribution is 6.35. The fourth-order valence-electron chi connectivity index (χ4n) is 11.3. The molecule has 4 aliphatic heterocycles. The average Bonchev–Trinajstić information content (AvgIpc) is 1.67. The first-order chi connectivity index (χ1) is 42.0. The lowest BCUT2D eigenvalue weighted by Gasteiger charge is -2.42. The Morgan fingerprint density at radius 3 is 2.33 bits per heavy atom. The van der Waals surface area contributed by atoms with Crippen LogP contribution >= 0.6 is 11.6 Å². The molecule has 3 unspecified atom stereocenters. The van der Waals surface area contributed by atoms with Gasteiger partial charge in [0, 0.05) is 83.4 Å². The second kappa shape index (κ2) is 31.2. The predicted molar refractivity (Wildman–Crippen MR) is 327 cm³/mol. The molecule has 11 atom stereocenters. The zero-order chi connectivity index (χ0) is 65.7. The summed E-state index contributed by atoms with van der Waals surface area (Å²) in [5, 5.41) is 22.7. The third-order valence-corrected chi connectivity index (χ3v) is 17.3. The van der Waals surface area contributed by atoms with E-state index in [9.17, 15) is 53.1 Å². The van der Waals surface area contributed by atoms with E-state index in [0.717, 1.165) is 16.0 Å². The number of anilines is 2. The van der Waals surface area contributed by atoms with Crippen molar-refractivity contribution in [3.63, 3.8) is 0 Å². The summed E-state index contributed by atoms with van der Waals surface area (Å²) in [5.41, 5.74) is 4.78. The second-order valence-corrected chi connectivity index (χ2v) is 24.5. The highest BCUT2D eigenvalue weighted by Crippen LogP contribution is 2.49. The maximum absolute atomic E-state index is 14.5. The summed E-state index contributed by atoms with van der Waals surface area (Å²) in [6.45, 7) is 12.2. The number of likely N-dealkylation sites (tertiary alicyclic amines) is 1. The number of fused-ring (bicyclic) bond motifs is 5. The van der Waals surface area contributed by atoms with Crippen molar-refractivity contribution in [1.29, 1.82) is 0 Å². The molecule has 0 radical (unpaired) electrons. The van der Waals surface area contributed by atoms with E-state index in [1.807, 2.05) is 13.0 Å². The molecule has 26 heteroatoms. The van der Waals surface area contributed by atoms with Crippen molar-refractivity contribution in [2.45, 2.75) is 174 Å².